The van der Waals surface area contributed by atoms with E-state index in [2.05, 4.69) is 55.0 Å². The van der Waals surface area contributed by atoms with Crippen molar-refractivity contribution in [1.29, 1.82) is 0 Å². The summed E-state index contributed by atoms with van der Waals surface area (Å²) in [7, 11) is -2.90. The SMILES string of the molecule is CC(C)(C)[Si](O[C@@H](c1cnco1)c1nc(CO)co1)(c1ccccc1)c1ccccc1. The molecule has 2 heterocycles. The van der Waals surface area contributed by atoms with Gasteiger partial charge in [0.2, 0.25) is 5.89 Å². The molecular weight excluding hydrogens is 408 g/mol. The zero-order valence-electron chi connectivity index (χ0n) is 17.9. The number of oxazole rings is 2. The van der Waals surface area contributed by atoms with Crippen LogP contribution in [-0.2, 0) is 11.0 Å². The fraction of sp³-hybridized carbons (Fsp3) is 0.250. The molecule has 0 aliphatic carbocycles. The summed E-state index contributed by atoms with van der Waals surface area (Å²) in [6.45, 7) is 6.38. The van der Waals surface area contributed by atoms with Crippen LogP contribution in [0.4, 0.5) is 0 Å². The number of hydrogen-bond acceptors (Lipinski definition) is 6. The van der Waals surface area contributed by atoms with Gasteiger partial charge in [0, 0.05) is 0 Å². The first-order valence-corrected chi connectivity index (χ1v) is 12.1. The molecule has 0 radical (unpaired) electrons. The Morgan fingerprint density at radius 1 is 0.968 bits per heavy atom. The summed E-state index contributed by atoms with van der Waals surface area (Å²) in [5.41, 5.74) is 0.436. The quantitative estimate of drug-likeness (QED) is 0.445. The number of aliphatic hydroxyl groups is 1. The molecule has 0 aliphatic rings. The van der Waals surface area contributed by atoms with Crippen molar-refractivity contribution in [1.82, 2.24) is 9.97 Å². The molecule has 2 aromatic heterocycles. The number of aliphatic hydroxyl groups excluding tert-OH is 1. The lowest BCUT2D eigenvalue weighted by Gasteiger charge is -2.44. The van der Waals surface area contributed by atoms with Crippen LogP contribution in [0.5, 0.6) is 0 Å². The average molecular weight is 435 g/mol. The second-order valence-corrected chi connectivity index (χ2v) is 12.7. The first kappa shape index (κ1) is 21.2. The van der Waals surface area contributed by atoms with Crippen LogP contribution in [0.3, 0.4) is 0 Å². The van der Waals surface area contributed by atoms with Gasteiger partial charge >= 0.3 is 0 Å². The molecule has 1 atom stereocenters. The third kappa shape index (κ3) is 3.99. The van der Waals surface area contributed by atoms with Crippen molar-refractivity contribution >= 4 is 18.7 Å². The lowest BCUT2D eigenvalue weighted by molar-refractivity contribution is 0.168. The van der Waals surface area contributed by atoms with Crippen LogP contribution in [0, 0.1) is 0 Å². The molecule has 0 saturated heterocycles. The van der Waals surface area contributed by atoms with E-state index in [0.717, 1.165) is 10.4 Å². The number of nitrogens with zero attached hydrogens (tertiary/aromatic N) is 2. The molecule has 0 fully saturated rings. The number of benzene rings is 2. The molecule has 31 heavy (non-hydrogen) atoms. The smallest absolute Gasteiger partial charge is 0.262 e. The zero-order chi connectivity index (χ0) is 21.9. The van der Waals surface area contributed by atoms with Crippen molar-refractivity contribution in [2.45, 2.75) is 38.5 Å². The lowest BCUT2D eigenvalue weighted by Crippen LogP contribution is -2.67. The third-order valence-electron chi connectivity index (χ3n) is 5.38. The summed E-state index contributed by atoms with van der Waals surface area (Å²) in [5.74, 6) is 0.827. The molecule has 0 bridgehead atoms. The standard InChI is InChI=1S/C24H26N2O4Si/c1-24(2,3)31(19-10-6-4-7-11-19,20-12-8-5-9-13-20)30-22(21-14-25-17-29-21)23-26-18(15-27)16-28-23/h4-14,16-17,22,27H,15H2,1-3H3/t22-/m0/s1. The summed E-state index contributed by atoms with van der Waals surface area (Å²) in [6.07, 6.45) is 3.71. The molecule has 1 N–H and O–H groups in total. The van der Waals surface area contributed by atoms with Crippen molar-refractivity contribution in [3.05, 3.63) is 96.9 Å². The Labute approximate surface area is 182 Å². The van der Waals surface area contributed by atoms with E-state index in [-0.39, 0.29) is 11.6 Å². The fourth-order valence-electron chi connectivity index (χ4n) is 3.97. The first-order chi connectivity index (χ1) is 15.0. The molecule has 4 aromatic rings. The largest absolute Gasteiger partial charge is 0.445 e. The topological polar surface area (TPSA) is 81.5 Å². The van der Waals surface area contributed by atoms with Crippen LogP contribution < -0.4 is 10.4 Å². The monoisotopic (exact) mass is 434 g/mol. The molecule has 6 nitrogen and oxygen atoms in total. The van der Waals surface area contributed by atoms with Crippen LogP contribution in [0.15, 0.2) is 88.4 Å². The van der Waals surface area contributed by atoms with Crippen LogP contribution >= 0.6 is 0 Å². The maximum absolute atomic E-state index is 9.49. The van der Waals surface area contributed by atoms with Gasteiger partial charge in [-0.25, -0.2) is 9.97 Å². The van der Waals surface area contributed by atoms with Crippen LogP contribution in [0.1, 0.15) is 44.2 Å². The summed E-state index contributed by atoms with van der Waals surface area (Å²) >= 11 is 0. The summed E-state index contributed by atoms with van der Waals surface area (Å²) in [6, 6.07) is 20.6. The third-order valence-corrected chi connectivity index (χ3v) is 10.4. The van der Waals surface area contributed by atoms with Crippen molar-refractivity contribution in [3.63, 3.8) is 0 Å². The van der Waals surface area contributed by atoms with E-state index >= 15 is 0 Å². The molecule has 0 saturated carbocycles. The second-order valence-electron chi connectivity index (χ2n) is 8.40. The summed E-state index contributed by atoms with van der Waals surface area (Å²) in [4.78, 5) is 8.51. The van der Waals surface area contributed by atoms with E-state index in [1.165, 1.54) is 12.7 Å². The minimum Gasteiger partial charge on any atom is -0.445 e. The minimum absolute atomic E-state index is 0.216. The maximum Gasteiger partial charge on any atom is 0.262 e. The molecule has 160 valence electrons. The Balaban J connectivity index is 1.94. The summed E-state index contributed by atoms with van der Waals surface area (Å²) in [5, 5.41) is 11.5. The predicted octanol–water partition coefficient (Wildman–Crippen LogP) is 3.82. The fourth-order valence-corrected chi connectivity index (χ4v) is 8.55. The van der Waals surface area contributed by atoms with Crippen molar-refractivity contribution < 1.29 is 18.4 Å². The van der Waals surface area contributed by atoms with Gasteiger partial charge in [-0.05, 0) is 15.4 Å². The Kier molecular flexibility index (Phi) is 5.91. The van der Waals surface area contributed by atoms with E-state index in [0.29, 0.717) is 17.3 Å². The average Bonchev–Trinajstić information content (AvgIpc) is 3.47. The van der Waals surface area contributed by atoms with Crippen molar-refractivity contribution in [3.8, 4) is 0 Å². The molecule has 0 aliphatic heterocycles. The molecule has 7 heteroatoms. The molecule has 2 aromatic carbocycles. The van der Waals surface area contributed by atoms with Crippen molar-refractivity contribution in [2.75, 3.05) is 0 Å². The highest BCUT2D eigenvalue weighted by molar-refractivity contribution is 6.99. The molecule has 4 rings (SSSR count). The molecule has 0 amide bonds. The number of hydrogen-bond donors (Lipinski definition) is 1. The van der Waals surface area contributed by atoms with Crippen LogP contribution in [0.25, 0.3) is 0 Å². The van der Waals surface area contributed by atoms with E-state index in [1.54, 1.807) is 6.20 Å². The van der Waals surface area contributed by atoms with Gasteiger partial charge in [-0.2, -0.15) is 0 Å². The van der Waals surface area contributed by atoms with E-state index in [4.69, 9.17) is 13.3 Å². The minimum atomic E-state index is -2.90. The normalized spacial score (nSPS) is 13.3. The number of aromatic nitrogens is 2. The number of rotatable bonds is 7. The van der Waals surface area contributed by atoms with Gasteiger partial charge in [-0.1, -0.05) is 81.4 Å². The first-order valence-electron chi connectivity index (χ1n) is 10.2. The predicted molar refractivity (Wildman–Crippen MR) is 119 cm³/mol. The van der Waals surface area contributed by atoms with Gasteiger partial charge in [0.25, 0.3) is 8.32 Å². The maximum atomic E-state index is 9.49. The molecule has 0 spiro atoms. The van der Waals surface area contributed by atoms with E-state index < -0.39 is 14.4 Å². The summed E-state index contributed by atoms with van der Waals surface area (Å²) < 4.78 is 18.5. The zero-order valence-corrected chi connectivity index (χ0v) is 18.9. The Hall–Kier alpha value is -3.00. The van der Waals surface area contributed by atoms with Gasteiger partial charge in [-0.3, -0.25) is 0 Å². The van der Waals surface area contributed by atoms with E-state index in [1.807, 2.05) is 36.4 Å². The highest BCUT2D eigenvalue weighted by Gasteiger charge is 2.52. The second kappa shape index (κ2) is 8.62. The Morgan fingerprint density at radius 3 is 2.03 bits per heavy atom. The van der Waals surface area contributed by atoms with Gasteiger partial charge in [0.05, 0.1) is 12.8 Å². The molecule has 0 unspecified atom stereocenters. The van der Waals surface area contributed by atoms with Gasteiger partial charge in [-0.15, -0.1) is 0 Å². The van der Waals surface area contributed by atoms with Crippen LogP contribution in [0.2, 0.25) is 5.04 Å². The highest BCUT2D eigenvalue weighted by Crippen LogP contribution is 2.41. The highest BCUT2D eigenvalue weighted by atomic mass is 28.4. The van der Waals surface area contributed by atoms with Gasteiger partial charge in [0.1, 0.15) is 12.0 Å². The van der Waals surface area contributed by atoms with E-state index in [9.17, 15) is 5.11 Å². The Bertz CT molecular complexity index is 1050. The van der Waals surface area contributed by atoms with Gasteiger partial charge < -0.3 is 18.4 Å². The van der Waals surface area contributed by atoms with Crippen LogP contribution in [-0.4, -0.2) is 23.4 Å². The molecular formula is C24H26N2O4Si. The van der Waals surface area contributed by atoms with Crippen molar-refractivity contribution in [2.24, 2.45) is 0 Å². The lowest BCUT2D eigenvalue weighted by atomic mass is 10.2. The van der Waals surface area contributed by atoms with Gasteiger partial charge in [0.15, 0.2) is 18.3 Å². The Morgan fingerprint density at radius 2 is 1.58 bits per heavy atom.